The number of nitrogens with zero attached hydrogens (tertiary/aromatic N) is 2. The molecule has 0 saturated heterocycles. The summed E-state index contributed by atoms with van der Waals surface area (Å²) in [5.41, 5.74) is 0. The molecule has 0 unspecified atom stereocenters. The Bertz CT molecular complexity index is 474. The van der Waals surface area contributed by atoms with Gasteiger partial charge in [0.1, 0.15) is 15.5 Å². The van der Waals surface area contributed by atoms with Gasteiger partial charge in [-0.05, 0) is 28.1 Å². The van der Waals surface area contributed by atoms with Crippen molar-refractivity contribution >= 4 is 27.7 Å². The first-order chi connectivity index (χ1) is 7.78. The minimum absolute atomic E-state index is 0.845. The first kappa shape index (κ1) is 11.6. The smallest absolute Gasteiger partial charge is 0.130 e. The molecule has 0 aliphatic heterocycles. The van der Waals surface area contributed by atoms with Crippen LogP contribution < -0.4 is 0 Å². The van der Waals surface area contributed by atoms with Gasteiger partial charge in [0, 0.05) is 17.4 Å². The molecule has 0 radical (unpaired) electrons. The summed E-state index contributed by atoms with van der Waals surface area (Å²) in [4.78, 5) is 9.95. The van der Waals surface area contributed by atoms with Crippen molar-refractivity contribution in [3.63, 3.8) is 0 Å². The van der Waals surface area contributed by atoms with E-state index in [4.69, 9.17) is 0 Å². The van der Waals surface area contributed by atoms with Gasteiger partial charge in [0.15, 0.2) is 0 Å². The molecule has 2 nitrogen and oxygen atoms in total. The van der Waals surface area contributed by atoms with Gasteiger partial charge in [0.05, 0.1) is 0 Å². The van der Waals surface area contributed by atoms with Crippen LogP contribution in [0.15, 0.2) is 50.9 Å². The van der Waals surface area contributed by atoms with Crippen LogP contribution in [0.4, 0.5) is 0 Å². The highest BCUT2D eigenvalue weighted by Crippen LogP contribution is 2.27. The summed E-state index contributed by atoms with van der Waals surface area (Å²) in [7, 11) is 0. The third kappa shape index (κ3) is 3.06. The lowest BCUT2D eigenvalue weighted by Gasteiger charge is -2.03. The Hall–Kier alpha value is -0.870. The Morgan fingerprint density at radius 2 is 1.94 bits per heavy atom. The van der Waals surface area contributed by atoms with Crippen LogP contribution in [0, 0.1) is 0 Å². The summed E-state index contributed by atoms with van der Waals surface area (Å²) < 4.78 is 0.845. The van der Waals surface area contributed by atoms with Crippen LogP contribution in [0.25, 0.3) is 0 Å². The zero-order valence-electron chi connectivity index (χ0n) is 8.85. The van der Waals surface area contributed by atoms with Crippen LogP contribution in [0.1, 0.15) is 12.7 Å². The van der Waals surface area contributed by atoms with Gasteiger partial charge in [-0.1, -0.05) is 36.9 Å². The van der Waals surface area contributed by atoms with E-state index < -0.39 is 0 Å². The Kier molecular flexibility index (Phi) is 3.96. The van der Waals surface area contributed by atoms with Gasteiger partial charge in [-0.3, -0.25) is 0 Å². The monoisotopic (exact) mass is 294 g/mol. The zero-order chi connectivity index (χ0) is 11.4. The second-order valence-corrected chi connectivity index (χ2v) is 5.12. The van der Waals surface area contributed by atoms with Crippen molar-refractivity contribution in [2.24, 2.45) is 0 Å². The third-order valence-electron chi connectivity index (χ3n) is 2.00. The van der Waals surface area contributed by atoms with Crippen LogP contribution >= 0.6 is 27.7 Å². The van der Waals surface area contributed by atoms with E-state index in [9.17, 15) is 0 Å². The second kappa shape index (κ2) is 5.46. The van der Waals surface area contributed by atoms with Crippen molar-refractivity contribution in [1.29, 1.82) is 0 Å². The first-order valence-electron chi connectivity index (χ1n) is 5.04. The molecule has 16 heavy (non-hydrogen) atoms. The summed E-state index contributed by atoms with van der Waals surface area (Å²) in [6.45, 7) is 2.05. The number of halogens is 1. The number of aryl methyl sites for hydroxylation is 1. The molecular formula is C12H11BrN2S. The van der Waals surface area contributed by atoms with Crippen molar-refractivity contribution in [1.82, 2.24) is 9.97 Å². The van der Waals surface area contributed by atoms with E-state index >= 15 is 0 Å². The Labute approximate surface area is 108 Å². The van der Waals surface area contributed by atoms with Gasteiger partial charge in [0.2, 0.25) is 0 Å². The van der Waals surface area contributed by atoms with Gasteiger partial charge in [-0.2, -0.15) is 0 Å². The highest BCUT2D eigenvalue weighted by Gasteiger charge is 2.03. The standard InChI is InChI=1S/C12H11BrN2S/c1-2-11-14-10(13)8-12(15-11)16-9-6-4-3-5-7-9/h3-8H,2H2,1H3. The maximum absolute atomic E-state index is 4.47. The van der Waals surface area contributed by atoms with Crippen molar-refractivity contribution in [2.45, 2.75) is 23.3 Å². The third-order valence-corrected chi connectivity index (χ3v) is 3.33. The average molecular weight is 295 g/mol. The molecule has 2 aromatic rings. The summed E-state index contributed by atoms with van der Waals surface area (Å²) in [5, 5.41) is 0.977. The van der Waals surface area contributed by atoms with E-state index in [2.05, 4.69) is 45.0 Å². The number of benzene rings is 1. The molecule has 0 fully saturated rings. The van der Waals surface area contributed by atoms with E-state index in [1.54, 1.807) is 11.8 Å². The van der Waals surface area contributed by atoms with E-state index in [-0.39, 0.29) is 0 Å². The molecule has 0 amide bonds. The summed E-state index contributed by atoms with van der Waals surface area (Å²) in [5.74, 6) is 0.868. The fourth-order valence-corrected chi connectivity index (χ4v) is 2.69. The highest BCUT2D eigenvalue weighted by molar-refractivity contribution is 9.10. The molecule has 0 N–H and O–H groups in total. The molecule has 0 spiro atoms. The lowest BCUT2D eigenvalue weighted by molar-refractivity contribution is 0.877. The molecule has 0 saturated carbocycles. The Morgan fingerprint density at radius 1 is 1.19 bits per heavy atom. The Balaban J connectivity index is 2.24. The van der Waals surface area contributed by atoms with E-state index in [0.29, 0.717) is 0 Å². The van der Waals surface area contributed by atoms with E-state index in [1.807, 2.05) is 24.3 Å². The number of aromatic nitrogens is 2. The number of hydrogen-bond acceptors (Lipinski definition) is 3. The molecule has 0 atom stereocenters. The molecule has 1 aromatic heterocycles. The highest BCUT2D eigenvalue weighted by atomic mass is 79.9. The quantitative estimate of drug-likeness (QED) is 0.802. The van der Waals surface area contributed by atoms with Gasteiger partial charge >= 0.3 is 0 Å². The second-order valence-electron chi connectivity index (χ2n) is 3.21. The summed E-state index contributed by atoms with van der Waals surface area (Å²) in [6, 6.07) is 12.2. The fraction of sp³-hybridized carbons (Fsp3) is 0.167. The zero-order valence-corrected chi connectivity index (χ0v) is 11.3. The van der Waals surface area contributed by atoms with Crippen LogP contribution in [-0.4, -0.2) is 9.97 Å². The van der Waals surface area contributed by atoms with Crippen molar-refractivity contribution < 1.29 is 0 Å². The van der Waals surface area contributed by atoms with Gasteiger partial charge in [-0.15, -0.1) is 0 Å². The van der Waals surface area contributed by atoms with E-state index in [1.165, 1.54) is 4.90 Å². The van der Waals surface area contributed by atoms with Crippen LogP contribution in [-0.2, 0) is 6.42 Å². The molecule has 1 heterocycles. The minimum Gasteiger partial charge on any atom is -0.226 e. The summed E-state index contributed by atoms with van der Waals surface area (Å²) >= 11 is 5.05. The van der Waals surface area contributed by atoms with E-state index in [0.717, 1.165) is 21.9 Å². The number of rotatable bonds is 3. The van der Waals surface area contributed by atoms with Crippen LogP contribution in [0.2, 0.25) is 0 Å². The predicted molar refractivity (Wildman–Crippen MR) is 69.7 cm³/mol. The molecule has 82 valence electrons. The molecule has 2 rings (SSSR count). The predicted octanol–water partition coefficient (Wildman–Crippen LogP) is 3.95. The van der Waals surface area contributed by atoms with Crippen molar-refractivity contribution in [3.05, 3.63) is 46.8 Å². The largest absolute Gasteiger partial charge is 0.226 e. The van der Waals surface area contributed by atoms with Crippen molar-refractivity contribution in [3.8, 4) is 0 Å². The fourth-order valence-electron chi connectivity index (χ4n) is 1.26. The molecule has 0 aliphatic carbocycles. The minimum atomic E-state index is 0.845. The molecule has 0 aliphatic rings. The lowest BCUT2D eigenvalue weighted by atomic mass is 10.4. The average Bonchev–Trinajstić information content (AvgIpc) is 2.29. The SMILES string of the molecule is CCc1nc(Br)cc(Sc2ccccc2)n1. The molecular weight excluding hydrogens is 284 g/mol. The van der Waals surface area contributed by atoms with Gasteiger partial charge in [0.25, 0.3) is 0 Å². The number of hydrogen-bond donors (Lipinski definition) is 0. The summed E-state index contributed by atoms with van der Waals surface area (Å²) in [6.07, 6.45) is 0.849. The maximum Gasteiger partial charge on any atom is 0.130 e. The van der Waals surface area contributed by atoms with Gasteiger partial charge < -0.3 is 0 Å². The van der Waals surface area contributed by atoms with Gasteiger partial charge in [-0.25, -0.2) is 9.97 Å². The molecule has 1 aromatic carbocycles. The van der Waals surface area contributed by atoms with Crippen LogP contribution in [0.3, 0.4) is 0 Å². The molecule has 4 heteroatoms. The Morgan fingerprint density at radius 3 is 2.62 bits per heavy atom. The lowest BCUT2D eigenvalue weighted by Crippen LogP contribution is -1.94. The maximum atomic E-state index is 4.47. The van der Waals surface area contributed by atoms with Crippen molar-refractivity contribution in [2.75, 3.05) is 0 Å². The first-order valence-corrected chi connectivity index (χ1v) is 6.65. The molecule has 0 bridgehead atoms. The normalized spacial score (nSPS) is 10.4. The topological polar surface area (TPSA) is 25.8 Å². The van der Waals surface area contributed by atoms with Crippen LogP contribution in [0.5, 0.6) is 0 Å².